The molecule has 4 nitrogen and oxygen atoms in total. The van der Waals surface area contributed by atoms with Gasteiger partial charge in [0.15, 0.2) is 5.58 Å². The molecule has 0 unspecified atom stereocenters. The minimum Gasteiger partial charge on any atom is -0.395 e. The largest absolute Gasteiger partial charge is 0.395 e. The predicted octanol–water partition coefficient (Wildman–Crippen LogP) is 5.37. The van der Waals surface area contributed by atoms with E-state index in [1.54, 1.807) is 6.07 Å². The molecule has 1 aromatic heterocycles. The van der Waals surface area contributed by atoms with Gasteiger partial charge in [-0.15, -0.1) is 6.58 Å². The molecule has 27 heavy (non-hydrogen) atoms. The van der Waals surface area contributed by atoms with E-state index in [1.165, 1.54) is 0 Å². The molecule has 0 radical (unpaired) electrons. The number of aliphatic hydroxyl groups excluding tert-OH is 1. The Morgan fingerprint density at radius 3 is 2.74 bits per heavy atom. The molecule has 0 aliphatic heterocycles. The molecular formula is C22H25ClN2O2. The standard InChI is InChI=1S/C22H25ClN2O2/c1-4-7-19(24-20(13-26)14(2)3)16-8-5-6-9-17(16)22-18-11-10-15(23)12-21(18)27-25-22/h4-6,8-12,14,19-20,24,26H,1,7,13H2,2-3H3/t19-,20+/m0/s1. The molecule has 0 fully saturated rings. The summed E-state index contributed by atoms with van der Waals surface area (Å²) in [6, 6.07) is 13.7. The molecule has 0 spiro atoms. The van der Waals surface area contributed by atoms with Crippen LogP contribution in [0.2, 0.25) is 5.02 Å². The van der Waals surface area contributed by atoms with Crippen LogP contribution in [0.5, 0.6) is 0 Å². The molecule has 0 saturated carbocycles. The molecule has 0 aliphatic carbocycles. The minimum absolute atomic E-state index is 0.00383. The van der Waals surface area contributed by atoms with Crippen molar-refractivity contribution in [1.82, 2.24) is 10.5 Å². The lowest BCUT2D eigenvalue weighted by Crippen LogP contribution is -2.39. The Hall–Kier alpha value is -2.14. The number of hydrogen-bond acceptors (Lipinski definition) is 4. The van der Waals surface area contributed by atoms with Gasteiger partial charge in [0.25, 0.3) is 0 Å². The molecule has 2 N–H and O–H groups in total. The number of halogens is 1. The van der Waals surface area contributed by atoms with Crippen LogP contribution in [0.1, 0.15) is 31.9 Å². The van der Waals surface area contributed by atoms with E-state index in [4.69, 9.17) is 16.1 Å². The van der Waals surface area contributed by atoms with Crippen LogP contribution >= 0.6 is 11.6 Å². The van der Waals surface area contributed by atoms with Crippen LogP contribution in [-0.2, 0) is 0 Å². The Kier molecular flexibility index (Phi) is 6.32. The van der Waals surface area contributed by atoms with Crippen LogP contribution in [0.3, 0.4) is 0 Å². The number of rotatable bonds is 8. The Morgan fingerprint density at radius 2 is 2.04 bits per heavy atom. The quantitative estimate of drug-likeness (QED) is 0.512. The number of nitrogens with zero attached hydrogens (tertiary/aromatic N) is 1. The summed E-state index contributed by atoms with van der Waals surface area (Å²) >= 11 is 6.07. The molecule has 5 heteroatoms. The van der Waals surface area contributed by atoms with E-state index in [-0.39, 0.29) is 18.7 Å². The van der Waals surface area contributed by atoms with Gasteiger partial charge in [-0.25, -0.2) is 0 Å². The van der Waals surface area contributed by atoms with Gasteiger partial charge in [-0.2, -0.15) is 0 Å². The van der Waals surface area contributed by atoms with Crippen molar-refractivity contribution in [3.8, 4) is 11.3 Å². The van der Waals surface area contributed by atoms with E-state index in [2.05, 4.69) is 37.0 Å². The second-order valence-electron chi connectivity index (χ2n) is 7.04. The Balaban J connectivity index is 2.06. The summed E-state index contributed by atoms with van der Waals surface area (Å²) in [4.78, 5) is 0. The van der Waals surface area contributed by atoms with Gasteiger partial charge in [0.1, 0.15) is 5.69 Å². The molecule has 2 atom stereocenters. The van der Waals surface area contributed by atoms with Crippen molar-refractivity contribution in [2.24, 2.45) is 5.92 Å². The van der Waals surface area contributed by atoms with Gasteiger partial charge in [-0.1, -0.05) is 60.9 Å². The third kappa shape index (κ3) is 4.24. The molecule has 0 amide bonds. The monoisotopic (exact) mass is 384 g/mol. The molecular weight excluding hydrogens is 360 g/mol. The van der Waals surface area contributed by atoms with Crippen LogP contribution in [0.15, 0.2) is 59.6 Å². The molecule has 2 aromatic carbocycles. The fraction of sp³-hybridized carbons (Fsp3) is 0.318. The van der Waals surface area contributed by atoms with Gasteiger partial charge in [-0.3, -0.25) is 0 Å². The van der Waals surface area contributed by atoms with Gasteiger partial charge in [0, 0.05) is 34.1 Å². The highest BCUT2D eigenvalue weighted by molar-refractivity contribution is 6.31. The Morgan fingerprint density at radius 1 is 1.26 bits per heavy atom. The first kappa shape index (κ1) is 19.6. The van der Waals surface area contributed by atoms with Crippen LogP contribution in [0.4, 0.5) is 0 Å². The van der Waals surface area contributed by atoms with Gasteiger partial charge >= 0.3 is 0 Å². The maximum atomic E-state index is 9.75. The van der Waals surface area contributed by atoms with Crippen molar-refractivity contribution in [1.29, 1.82) is 0 Å². The van der Waals surface area contributed by atoms with Crippen LogP contribution in [0.25, 0.3) is 22.2 Å². The molecule has 1 heterocycles. The number of fused-ring (bicyclic) bond motifs is 1. The third-order valence-electron chi connectivity index (χ3n) is 4.84. The minimum atomic E-state index is -0.00383. The summed E-state index contributed by atoms with van der Waals surface area (Å²) in [5.41, 5.74) is 3.55. The van der Waals surface area contributed by atoms with E-state index in [1.807, 2.05) is 36.4 Å². The van der Waals surface area contributed by atoms with E-state index in [9.17, 15) is 5.11 Å². The van der Waals surface area contributed by atoms with E-state index < -0.39 is 0 Å². The van der Waals surface area contributed by atoms with Crippen molar-refractivity contribution in [3.05, 3.63) is 65.7 Å². The smallest absolute Gasteiger partial charge is 0.169 e. The average Bonchev–Trinajstić information content (AvgIpc) is 3.07. The third-order valence-corrected chi connectivity index (χ3v) is 5.08. The maximum absolute atomic E-state index is 9.75. The highest BCUT2D eigenvalue weighted by Gasteiger charge is 2.22. The molecule has 3 aromatic rings. The number of aromatic nitrogens is 1. The lowest BCUT2D eigenvalue weighted by atomic mass is 9.93. The molecule has 142 valence electrons. The van der Waals surface area contributed by atoms with Crippen molar-refractivity contribution >= 4 is 22.6 Å². The fourth-order valence-corrected chi connectivity index (χ4v) is 3.45. The van der Waals surface area contributed by atoms with Crippen LogP contribution in [-0.4, -0.2) is 22.9 Å². The lowest BCUT2D eigenvalue weighted by Gasteiger charge is -2.28. The molecule has 0 aliphatic rings. The summed E-state index contributed by atoms with van der Waals surface area (Å²) < 4.78 is 5.50. The first-order valence-electron chi connectivity index (χ1n) is 9.17. The first-order valence-corrected chi connectivity index (χ1v) is 9.55. The summed E-state index contributed by atoms with van der Waals surface area (Å²) in [5.74, 6) is 0.310. The lowest BCUT2D eigenvalue weighted by molar-refractivity contribution is 0.199. The average molecular weight is 385 g/mol. The zero-order valence-electron chi connectivity index (χ0n) is 15.7. The molecule has 0 saturated heterocycles. The van der Waals surface area contributed by atoms with Crippen molar-refractivity contribution in [2.45, 2.75) is 32.4 Å². The fourth-order valence-electron chi connectivity index (χ4n) is 3.29. The molecule has 3 rings (SSSR count). The van der Waals surface area contributed by atoms with Crippen LogP contribution in [0, 0.1) is 5.92 Å². The highest BCUT2D eigenvalue weighted by atomic mass is 35.5. The van der Waals surface area contributed by atoms with Gasteiger partial charge < -0.3 is 14.9 Å². The summed E-state index contributed by atoms with van der Waals surface area (Å²) in [5, 5.41) is 19.2. The van der Waals surface area contributed by atoms with E-state index >= 15 is 0 Å². The first-order chi connectivity index (χ1) is 13.0. The zero-order chi connectivity index (χ0) is 19.4. The number of aliphatic hydroxyl groups is 1. The van der Waals surface area contributed by atoms with Crippen molar-refractivity contribution < 1.29 is 9.63 Å². The van der Waals surface area contributed by atoms with Gasteiger partial charge in [-0.05, 0) is 30.0 Å². The SMILES string of the molecule is C=CC[C@H](N[C@H](CO)C(C)C)c1ccccc1-c1noc2cc(Cl)ccc12. The summed E-state index contributed by atoms with van der Waals surface area (Å²) in [7, 11) is 0. The Labute approximate surface area is 164 Å². The Bertz CT molecular complexity index is 920. The second-order valence-corrected chi connectivity index (χ2v) is 7.47. The summed E-state index contributed by atoms with van der Waals surface area (Å²) in [6.07, 6.45) is 2.63. The second kappa shape index (κ2) is 8.70. The molecule has 0 bridgehead atoms. The normalized spacial score (nSPS) is 13.8. The van der Waals surface area contributed by atoms with Crippen molar-refractivity contribution in [2.75, 3.05) is 6.61 Å². The predicted molar refractivity (Wildman–Crippen MR) is 111 cm³/mol. The topological polar surface area (TPSA) is 58.3 Å². The van der Waals surface area contributed by atoms with E-state index in [0.717, 1.165) is 28.6 Å². The van der Waals surface area contributed by atoms with Crippen molar-refractivity contribution in [3.63, 3.8) is 0 Å². The number of benzene rings is 2. The summed E-state index contributed by atoms with van der Waals surface area (Å²) in [6.45, 7) is 8.18. The maximum Gasteiger partial charge on any atom is 0.169 e. The highest BCUT2D eigenvalue weighted by Crippen LogP contribution is 2.35. The van der Waals surface area contributed by atoms with E-state index in [0.29, 0.717) is 16.5 Å². The zero-order valence-corrected chi connectivity index (χ0v) is 16.4. The van der Waals surface area contributed by atoms with Gasteiger partial charge in [0.2, 0.25) is 0 Å². The number of nitrogens with one attached hydrogen (secondary N) is 1. The number of hydrogen-bond donors (Lipinski definition) is 2. The van der Waals surface area contributed by atoms with Gasteiger partial charge in [0.05, 0.1) is 6.61 Å². The van der Waals surface area contributed by atoms with Crippen LogP contribution < -0.4 is 5.32 Å².